The molecule has 2 aromatic carbocycles. The SMILES string of the molecule is Cn1cc(Cc2ccc(F)cc2)c2cc[c]cc21. The topological polar surface area (TPSA) is 4.93 Å². The fourth-order valence-corrected chi connectivity index (χ4v) is 2.32. The molecule has 3 aromatic rings. The van der Waals surface area contributed by atoms with Crippen LogP contribution in [0.1, 0.15) is 11.1 Å². The van der Waals surface area contributed by atoms with Gasteiger partial charge in [0.2, 0.25) is 0 Å². The zero-order valence-corrected chi connectivity index (χ0v) is 10.2. The zero-order valence-electron chi connectivity index (χ0n) is 10.2. The molecule has 1 radical (unpaired) electrons. The molecule has 18 heavy (non-hydrogen) atoms. The van der Waals surface area contributed by atoms with Crippen LogP contribution in [0.4, 0.5) is 4.39 Å². The predicted octanol–water partition coefficient (Wildman–Crippen LogP) is 3.71. The van der Waals surface area contributed by atoms with Crippen LogP contribution in [0.2, 0.25) is 0 Å². The van der Waals surface area contributed by atoms with Gasteiger partial charge in [0.1, 0.15) is 5.82 Å². The lowest BCUT2D eigenvalue weighted by Crippen LogP contribution is -1.87. The number of hydrogen-bond acceptors (Lipinski definition) is 0. The normalized spacial score (nSPS) is 11.0. The Balaban J connectivity index is 2.02. The predicted molar refractivity (Wildman–Crippen MR) is 71.0 cm³/mol. The lowest BCUT2D eigenvalue weighted by atomic mass is 10.0. The Morgan fingerprint density at radius 2 is 1.94 bits per heavy atom. The second-order valence-electron chi connectivity index (χ2n) is 4.51. The summed E-state index contributed by atoms with van der Waals surface area (Å²) in [6.45, 7) is 0. The maximum atomic E-state index is 12.9. The van der Waals surface area contributed by atoms with E-state index in [1.54, 1.807) is 0 Å². The second-order valence-corrected chi connectivity index (χ2v) is 4.51. The van der Waals surface area contributed by atoms with Gasteiger partial charge in [0, 0.05) is 24.1 Å². The van der Waals surface area contributed by atoms with Crippen molar-refractivity contribution in [3.63, 3.8) is 0 Å². The smallest absolute Gasteiger partial charge is 0.123 e. The van der Waals surface area contributed by atoms with Crippen molar-refractivity contribution < 1.29 is 4.39 Å². The summed E-state index contributed by atoms with van der Waals surface area (Å²) in [7, 11) is 2.03. The van der Waals surface area contributed by atoms with E-state index in [1.807, 2.05) is 31.3 Å². The third-order valence-corrected chi connectivity index (χ3v) is 3.23. The first-order chi connectivity index (χ1) is 8.74. The van der Waals surface area contributed by atoms with E-state index in [4.69, 9.17) is 0 Å². The Kier molecular flexibility index (Phi) is 2.63. The van der Waals surface area contributed by atoms with E-state index < -0.39 is 0 Å². The van der Waals surface area contributed by atoms with Crippen molar-refractivity contribution in [2.24, 2.45) is 7.05 Å². The molecule has 0 saturated carbocycles. The maximum absolute atomic E-state index is 12.9. The number of hydrogen-bond donors (Lipinski definition) is 0. The summed E-state index contributed by atoms with van der Waals surface area (Å²) in [5, 5.41) is 1.24. The molecular weight excluding hydrogens is 225 g/mol. The molecule has 0 amide bonds. The largest absolute Gasteiger partial charge is 0.350 e. The standard InChI is InChI=1S/C16H13FN/c1-18-11-13(15-4-2-3-5-16(15)18)10-12-6-8-14(17)9-7-12/h2,4-9,11H,10H2,1H3. The van der Waals surface area contributed by atoms with Crippen molar-refractivity contribution in [3.05, 3.63) is 71.7 Å². The van der Waals surface area contributed by atoms with Crippen molar-refractivity contribution in [1.82, 2.24) is 4.57 Å². The first-order valence-corrected chi connectivity index (χ1v) is 5.92. The number of aromatic nitrogens is 1. The van der Waals surface area contributed by atoms with Crippen LogP contribution in [-0.4, -0.2) is 4.57 Å². The Morgan fingerprint density at radius 3 is 2.72 bits per heavy atom. The van der Waals surface area contributed by atoms with E-state index in [1.165, 1.54) is 28.6 Å². The molecule has 0 N–H and O–H groups in total. The van der Waals surface area contributed by atoms with E-state index >= 15 is 0 Å². The quantitative estimate of drug-likeness (QED) is 0.641. The molecule has 0 saturated heterocycles. The number of benzene rings is 2. The molecule has 0 aliphatic heterocycles. The molecule has 0 unspecified atom stereocenters. The Hall–Kier alpha value is -2.09. The second kappa shape index (κ2) is 4.30. The summed E-state index contributed by atoms with van der Waals surface area (Å²) in [4.78, 5) is 0. The summed E-state index contributed by atoms with van der Waals surface area (Å²) in [5.74, 6) is -0.189. The van der Waals surface area contributed by atoms with Crippen LogP contribution in [0, 0.1) is 11.9 Å². The third-order valence-electron chi connectivity index (χ3n) is 3.23. The highest BCUT2D eigenvalue weighted by Gasteiger charge is 2.06. The molecule has 1 aromatic heterocycles. The number of halogens is 1. The highest BCUT2D eigenvalue weighted by molar-refractivity contribution is 5.84. The fourth-order valence-electron chi connectivity index (χ4n) is 2.32. The van der Waals surface area contributed by atoms with Crippen LogP contribution in [0.15, 0.2) is 48.7 Å². The van der Waals surface area contributed by atoms with Gasteiger partial charge in [-0.05, 0) is 41.8 Å². The minimum atomic E-state index is -0.189. The monoisotopic (exact) mass is 238 g/mol. The molecule has 0 spiro atoms. The molecule has 89 valence electrons. The average molecular weight is 238 g/mol. The average Bonchev–Trinajstić information content (AvgIpc) is 2.70. The van der Waals surface area contributed by atoms with Crippen LogP contribution in [0.25, 0.3) is 10.9 Å². The summed E-state index contributed by atoms with van der Waals surface area (Å²) in [6, 6.07) is 15.8. The fraction of sp³-hybridized carbons (Fsp3) is 0.125. The van der Waals surface area contributed by atoms with Crippen LogP contribution in [-0.2, 0) is 13.5 Å². The summed E-state index contributed by atoms with van der Waals surface area (Å²) in [5.41, 5.74) is 3.56. The van der Waals surface area contributed by atoms with Gasteiger partial charge in [-0.1, -0.05) is 24.3 Å². The highest BCUT2D eigenvalue weighted by Crippen LogP contribution is 2.22. The molecule has 0 aliphatic rings. The van der Waals surface area contributed by atoms with Gasteiger partial charge < -0.3 is 4.57 Å². The van der Waals surface area contributed by atoms with Gasteiger partial charge >= 0.3 is 0 Å². The highest BCUT2D eigenvalue weighted by atomic mass is 19.1. The number of aryl methyl sites for hydroxylation is 1. The van der Waals surface area contributed by atoms with Crippen molar-refractivity contribution in [1.29, 1.82) is 0 Å². The molecule has 0 bridgehead atoms. The summed E-state index contributed by atoms with van der Waals surface area (Å²) < 4.78 is 15.0. The summed E-state index contributed by atoms with van der Waals surface area (Å²) in [6.07, 6.45) is 2.95. The molecule has 0 atom stereocenters. The van der Waals surface area contributed by atoms with Crippen molar-refractivity contribution >= 4 is 10.9 Å². The maximum Gasteiger partial charge on any atom is 0.123 e. The van der Waals surface area contributed by atoms with E-state index in [0.29, 0.717) is 0 Å². The van der Waals surface area contributed by atoms with E-state index in [9.17, 15) is 4.39 Å². The van der Waals surface area contributed by atoms with Gasteiger partial charge in [-0.2, -0.15) is 0 Å². The van der Waals surface area contributed by atoms with Crippen molar-refractivity contribution in [2.75, 3.05) is 0 Å². The van der Waals surface area contributed by atoms with Crippen LogP contribution >= 0.6 is 0 Å². The first-order valence-electron chi connectivity index (χ1n) is 5.92. The molecule has 0 fully saturated rings. The molecular formula is C16H13FN. The van der Waals surface area contributed by atoms with Crippen molar-refractivity contribution in [3.8, 4) is 0 Å². The molecule has 2 heteroatoms. The van der Waals surface area contributed by atoms with E-state index in [-0.39, 0.29) is 5.82 Å². The lowest BCUT2D eigenvalue weighted by molar-refractivity contribution is 0.627. The molecule has 0 aliphatic carbocycles. The number of rotatable bonds is 2. The lowest BCUT2D eigenvalue weighted by Gasteiger charge is -2.00. The minimum Gasteiger partial charge on any atom is -0.350 e. The van der Waals surface area contributed by atoms with E-state index in [0.717, 1.165) is 12.0 Å². The van der Waals surface area contributed by atoms with Crippen LogP contribution < -0.4 is 0 Å². The number of fused-ring (bicyclic) bond motifs is 1. The Morgan fingerprint density at radius 1 is 1.17 bits per heavy atom. The minimum absolute atomic E-state index is 0.189. The molecule has 1 nitrogen and oxygen atoms in total. The number of nitrogens with zero attached hydrogens (tertiary/aromatic N) is 1. The van der Waals surface area contributed by atoms with Crippen LogP contribution in [0.3, 0.4) is 0 Å². The van der Waals surface area contributed by atoms with Gasteiger partial charge in [-0.15, -0.1) is 0 Å². The Labute approximate surface area is 105 Å². The van der Waals surface area contributed by atoms with Gasteiger partial charge in [0.25, 0.3) is 0 Å². The van der Waals surface area contributed by atoms with Gasteiger partial charge in [-0.3, -0.25) is 0 Å². The van der Waals surface area contributed by atoms with E-state index in [2.05, 4.69) is 22.9 Å². The third kappa shape index (κ3) is 1.90. The Bertz CT molecular complexity index is 680. The zero-order chi connectivity index (χ0) is 12.5. The molecule has 1 heterocycles. The van der Waals surface area contributed by atoms with Crippen molar-refractivity contribution in [2.45, 2.75) is 6.42 Å². The van der Waals surface area contributed by atoms with Gasteiger partial charge in [-0.25, -0.2) is 4.39 Å². The first kappa shape index (κ1) is 11.0. The summed E-state index contributed by atoms with van der Waals surface area (Å²) >= 11 is 0. The van der Waals surface area contributed by atoms with Gasteiger partial charge in [0.15, 0.2) is 0 Å². The molecule has 3 rings (SSSR count). The van der Waals surface area contributed by atoms with Gasteiger partial charge in [0.05, 0.1) is 0 Å². The van der Waals surface area contributed by atoms with Crippen LogP contribution in [0.5, 0.6) is 0 Å².